The maximum Gasteiger partial charge on any atom is 0.201 e. The van der Waals surface area contributed by atoms with Gasteiger partial charge in [-0.25, -0.2) is 4.99 Å². The zero-order valence-electron chi connectivity index (χ0n) is 8.45. The quantitative estimate of drug-likeness (QED) is 0.460. The first-order valence-corrected chi connectivity index (χ1v) is 4.50. The Labute approximate surface area is 90.4 Å². The summed E-state index contributed by atoms with van der Waals surface area (Å²) in [5, 5.41) is 22.8. The van der Waals surface area contributed by atoms with Gasteiger partial charge < -0.3 is 10.2 Å². The van der Waals surface area contributed by atoms with Gasteiger partial charge in [-0.05, 0) is 23.4 Å². The minimum Gasteiger partial charge on any atom is -0.494 e. The predicted molar refractivity (Wildman–Crippen MR) is 60.2 cm³/mol. The number of hydrogen-bond acceptors (Lipinski definition) is 4. The SMILES string of the molecule is Cn1c(O)c2ccc(N=CN=O)cc2c1O. The lowest BCUT2D eigenvalue weighted by Crippen LogP contribution is -1.83. The van der Waals surface area contributed by atoms with Crippen molar-refractivity contribution in [3.63, 3.8) is 0 Å². The van der Waals surface area contributed by atoms with Crippen LogP contribution >= 0.6 is 0 Å². The first-order valence-electron chi connectivity index (χ1n) is 4.50. The van der Waals surface area contributed by atoms with Gasteiger partial charge in [0.2, 0.25) is 11.8 Å². The molecule has 6 heteroatoms. The fraction of sp³-hybridized carbons (Fsp3) is 0.100. The molecule has 0 amide bonds. The molecule has 0 atom stereocenters. The summed E-state index contributed by atoms with van der Waals surface area (Å²) < 4.78 is 1.26. The monoisotopic (exact) mass is 219 g/mol. The second-order valence-corrected chi connectivity index (χ2v) is 3.29. The van der Waals surface area contributed by atoms with Crippen LogP contribution in [-0.4, -0.2) is 21.1 Å². The van der Waals surface area contributed by atoms with E-state index < -0.39 is 0 Å². The van der Waals surface area contributed by atoms with Crippen LogP contribution in [-0.2, 0) is 7.05 Å². The molecular weight excluding hydrogens is 210 g/mol. The molecule has 0 unspecified atom stereocenters. The van der Waals surface area contributed by atoms with E-state index in [4.69, 9.17) is 0 Å². The number of aliphatic imine (C=N–C) groups is 1. The number of nitrogens with zero attached hydrogens (tertiary/aromatic N) is 3. The standard InChI is InChI=1S/C10H9N3O3/c1-13-9(14)7-3-2-6(11-5-12-16)4-8(7)10(13)15/h2-5,14-15H,1H3. The molecule has 1 aromatic carbocycles. The van der Waals surface area contributed by atoms with Crippen molar-refractivity contribution in [1.82, 2.24) is 4.57 Å². The highest BCUT2D eigenvalue weighted by atomic mass is 16.3. The summed E-state index contributed by atoms with van der Waals surface area (Å²) in [5.74, 6) is -0.0693. The van der Waals surface area contributed by atoms with Gasteiger partial charge >= 0.3 is 0 Å². The van der Waals surface area contributed by atoms with Gasteiger partial charge in [0.15, 0.2) is 6.34 Å². The first-order chi connectivity index (χ1) is 7.65. The van der Waals surface area contributed by atoms with Crippen LogP contribution in [0.2, 0.25) is 0 Å². The molecular formula is C10H9N3O3. The third-order valence-electron chi connectivity index (χ3n) is 2.37. The van der Waals surface area contributed by atoms with E-state index in [9.17, 15) is 15.1 Å². The highest BCUT2D eigenvalue weighted by Gasteiger charge is 2.12. The summed E-state index contributed by atoms with van der Waals surface area (Å²) in [7, 11) is 1.54. The summed E-state index contributed by atoms with van der Waals surface area (Å²) in [6, 6.07) is 4.79. The van der Waals surface area contributed by atoms with Gasteiger partial charge in [0.05, 0.1) is 5.69 Å². The van der Waals surface area contributed by atoms with Crippen LogP contribution in [0.25, 0.3) is 10.8 Å². The summed E-state index contributed by atoms with van der Waals surface area (Å²) in [5.41, 5.74) is 0.480. The number of benzene rings is 1. The molecule has 0 aliphatic carbocycles. The van der Waals surface area contributed by atoms with Crippen molar-refractivity contribution in [3.05, 3.63) is 23.1 Å². The van der Waals surface area contributed by atoms with Crippen molar-refractivity contribution in [3.8, 4) is 11.8 Å². The number of rotatable bonds is 2. The van der Waals surface area contributed by atoms with E-state index in [1.54, 1.807) is 25.2 Å². The summed E-state index contributed by atoms with van der Waals surface area (Å²) in [6.07, 6.45) is 0.876. The van der Waals surface area contributed by atoms with Gasteiger partial charge in [-0.3, -0.25) is 4.57 Å². The lowest BCUT2D eigenvalue weighted by Gasteiger charge is -1.94. The topological polar surface area (TPSA) is 87.2 Å². The molecule has 1 aromatic heterocycles. The number of fused-ring (bicyclic) bond motifs is 1. The normalized spacial score (nSPS) is 11.3. The van der Waals surface area contributed by atoms with E-state index in [0.717, 1.165) is 6.34 Å². The zero-order valence-corrected chi connectivity index (χ0v) is 8.45. The molecule has 6 nitrogen and oxygen atoms in total. The Morgan fingerprint density at radius 2 is 1.94 bits per heavy atom. The van der Waals surface area contributed by atoms with E-state index in [0.29, 0.717) is 16.5 Å². The molecule has 0 radical (unpaired) electrons. The van der Waals surface area contributed by atoms with E-state index in [1.165, 1.54) is 4.57 Å². The first kappa shape index (κ1) is 10.2. The predicted octanol–water partition coefficient (Wildman–Crippen LogP) is 2.02. The summed E-state index contributed by atoms with van der Waals surface area (Å²) in [6.45, 7) is 0. The second-order valence-electron chi connectivity index (χ2n) is 3.29. The van der Waals surface area contributed by atoms with Crippen molar-refractivity contribution >= 4 is 22.8 Å². The lowest BCUT2D eigenvalue weighted by atomic mass is 10.2. The minimum atomic E-state index is -0.0522. The van der Waals surface area contributed by atoms with E-state index in [-0.39, 0.29) is 11.8 Å². The highest BCUT2D eigenvalue weighted by molar-refractivity contribution is 5.95. The zero-order chi connectivity index (χ0) is 11.7. The average Bonchev–Trinajstić information content (AvgIpc) is 2.52. The van der Waals surface area contributed by atoms with E-state index in [1.807, 2.05) is 0 Å². The minimum absolute atomic E-state index is 0.0171. The van der Waals surface area contributed by atoms with E-state index >= 15 is 0 Å². The molecule has 0 bridgehead atoms. The van der Waals surface area contributed by atoms with Crippen molar-refractivity contribution in [2.75, 3.05) is 0 Å². The third-order valence-corrected chi connectivity index (χ3v) is 2.37. The van der Waals surface area contributed by atoms with Gasteiger partial charge in [0, 0.05) is 17.8 Å². The van der Waals surface area contributed by atoms with Crippen LogP contribution in [0.4, 0.5) is 5.69 Å². The van der Waals surface area contributed by atoms with Crippen LogP contribution in [0.15, 0.2) is 28.4 Å². The van der Waals surface area contributed by atoms with Crippen molar-refractivity contribution in [1.29, 1.82) is 0 Å². The summed E-state index contributed by atoms with van der Waals surface area (Å²) in [4.78, 5) is 13.6. The molecule has 2 N–H and O–H groups in total. The van der Waals surface area contributed by atoms with Gasteiger partial charge in [-0.15, -0.1) is 4.91 Å². The largest absolute Gasteiger partial charge is 0.494 e. The Bertz CT molecular complexity index is 586. The molecule has 0 saturated heterocycles. The second kappa shape index (κ2) is 3.65. The van der Waals surface area contributed by atoms with Crippen LogP contribution < -0.4 is 0 Å². The molecule has 0 fully saturated rings. The molecule has 0 spiro atoms. The number of hydrogen-bond donors (Lipinski definition) is 2. The third kappa shape index (κ3) is 1.40. The molecule has 0 aliphatic heterocycles. The number of aromatic hydroxyl groups is 2. The van der Waals surface area contributed by atoms with Gasteiger partial charge in [0.1, 0.15) is 0 Å². The maximum absolute atomic E-state index is 9.87. The Balaban J connectivity index is 2.66. The molecule has 2 aromatic rings. The van der Waals surface area contributed by atoms with Crippen molar-refractivity contribution in [2.45, 2.75) is 0 Å². The molecule has 1 heterocycles. The van der Waals surface area contributed by atoms with Gasteiger partial charge in [-0.2, -0.15) is 0 Å². The average molecular weight is 219 g/mol. The van der Waals surface area contributed by atoms with Crippen LogP contribution in [0.3, 0.4) is 0 Å². The van der Waals surface area contributed by atoms with E-state index in [2.05, 4.69) is 10.2 Å². The Morgan fingerprint density at radius 3 is 2.62 bits per heavy atom. The molecule has 0 saturated carbocycles. The van der Waals surface area contributed by atoms with Crippen molar-refractivity contribution < 1.29 is 10.2 Å². The van der Waals surface area contributed by atoms with Gasteiger partial charge in [0.25, 0.3) is 0 Å². The molecule has 16 heavy (non-hydrogen) atoms. The van der Waals surface area contributed by atoms with Crippen LogP contribution in [0.1, 0.15) is 0 Å². The Morgan fingerprint density at radius 1 is 1.25 bits per heavy atom. The lowest BCUT2D eigenvalue weighted by molar-refractivity contribution is 0.391. The smallest absolute Gasteiger partial charge is 0.201 e. The van der Waals surface area contributed by atoms with Crippen LogP contribution in [0.5, 0.6) is 11.8 Å². The summed E-state index contributed by atoms with van der Waals surface area (Å²) >= 11 is 0. The number of aromatic nitrogens is 1. The molecule has 82 valence electrons. The maximum atomic E-state index is 9.87. The Hall–Kier alpha value is -2.37. The Kier molecular flexibility index (Phi) is 2.32. The van der Waals surface area contributed by atoms with Gasteiger partial charge in [-0.1, -0.05) is 0 Å². The fourth-order valence-corrected chi connectivity index (χ4v) is 1.54. The van der Waals surface area contributed by atoms with Crippen molar-refractivity contribution in [2.24, 2.45) is 17.2 Å². The fourth-order valence-electron chi connectivity index (χ4n) is 1.54. The highest BCUT2D eigenvalue weighted by Crippen LogP contribution is 2.36. The molecule has 2 rings (SSSR count). The van der Waals surface area contributed by atoms with Crippen LogP contribution in [0, 0.1) is 4.91 Å². The number of nitroso groups, excluding NO2 is 1. The molecule has 0 aliphatic rings.